The van der Waals surface area contributed by atoms with Gasteiger partial charge in [0.15, 0.2) is 10.6 Å². The number of aromatic nitrogens is 3. The Balaban J connectivity index is 2.03. The number of hydrogen-bond acceptors (Lipinski definition) is 4. The molecule has 1 fully saturated rings. The number of rotatable bonds is 2. The van der Waals surface area contributed by atoms with Crippen molar-refractivity contribution in [3.63, 3.8) is 0 Å². The molecule has 1 aliphatic rings. The molecule has 1 aliphatic heterocycles. The first kappa shape index (κ1) is 11.1. The molecule has 0 radical (unpaired) electrons. The summed E-state index contributed by atoms with van der Waals surface area (Å²) < 4.78 is 8.24. The molecule has 0 unspecified atom stereocenters. The maximum Gasteiger partial charge on any atom is 0.195 e. The van der Waals surface area contributed by atoms with E-state index in [1.165, 1.54) is 0 Å². The normalized spacial score (nSPS) is 17.4. The molecule has 1 N–H and O–H groups in total. The zero-order valence-corrected chi connectivity index (χ0v) is 10.9. The van der Waals surface area contributed by atoms with Gasteiger partial charge in [0, 0.05) is 19.3 Å². The first-order valence-electron chi connectivity index (χ1n) is 5.65. The van der Waals surface area contributed by atoms with Crippen LogP contribution < -0.4 is 0 Å². The SMILES string of the molecule is S=c1[nH]nc(-c2cccs2)n1C1CCOCC1. The van der Waals surface area contributed by atoms with Crippen LogP contribution in [0.4, 0.5) is 0 Å². The monoisotopic (exact) mass is 267 g/mol. The molecule has 0 aliphatic carbocycles. The van der Waals surface area contributed by atoms with Crippen LogP contribution in [0.25, 0.3) is 10.7 Å². The van der Waals surface area contributed by atoms with Crippen molar-refractivity contribution in [2.75, 3.05) is 13.2 Å². The van der Waals surface area contributed by atoms with Crippen LogP contribution in [0.2, 0.25) is 0 Å². The second-order valence-corrected chi connectivity index (χ2v) is 5.38. The summed E-state index contributed by atoms with van der Waals surface area (Å²) in [5.74, 6) is 0.955. The van der Waals surface area contributed by atoms with E-state index in [1.54, 1.807) is 11.3 Å². The maximum atomic E-state index is 5.39. The van der Waals surface area contributed by atoms with Gasteiger partial charge in [0.2, 0.25) is 0 Å². The van der Waals surface area contributed by atoms with Gasteiger partial charge in [-0.25, -0.2) is 0 Å². The van der Waals surface area contributed by atoms with E-state index in [2.05, 4.69) is 26.2 Å². The van der Waals surface area contributed by atoms with Crippen LogP contribution in [0, 0.1) is 4.77 Å². The molecule has 90 valence electrons. The van der Waals surface area contributed by atoms with Gasteiger partial charge in [0.1, 0.15) is 0 Å². The molecule has 6 heteroatoms. The van der Waals surface area contributed by atoms with Crippen molar-refractivity contribution in [3.05, 3.63) is 22.3 Å². The number of nitrogens with zero attached hydrogens (tertiary/aromatic N) is 2. The fourth-order valence-electron chi connectivity index (χ4n) is 2.17. The minimum atomic E-state index is 0.409. The molecular weight excluding hydrogens is 254 g/mol. The van der Waals surface area contributed by atoms with E-state index in [0.717, 1.165) is 36.8 Å². The Kier molecular flexibility index (Phi) is 3.09. The van der Waals surface area contributed by atoms with E-state index in [-0.39, 0.29) is 0 Å². The van der Waals surface area contributed by atoms with Gasteiger partial charge in [-0.2, -0.15) is 5.10 Å². The quantitative estimate of drug-likeness (QED) is 0.851. The summed E-state index contributed by atoms with van der Waals surface area (Å²) in [7, 11) is 0. The highest BCUT2D eigenvalue weighted by Crippen LogP contribution is 2.29. The van der Waals surface area contributed by atoms with Gasteiger partial charge >= 0.3 is 0 Å². The van der Waals surface area contributed by atoms with Crippen molar-refractivity contribution >= 4 is 23.6 Å². The molecular formula is C11H13N3OS2. The lowest BCUT2D eigenvalue weighted by Crippen LogP contribution is -2.20. The molecule has 0 aromatic carbocycles. The molecule has 4 nitrogen and oxygen atoms in total. The van der Waals surface area contributed by atoms with Crippen molar-refractivity contribution in [1.29, 1.82) is 0 Å². The molecule has 3 rings (SSSR count). The minimum absolute atomic E-state index is 0.409. The van der Waals surface area contributed by atoms with E-state index in [1.807, 2.05) is 6.07 Å². The van der Waals surface area contributed by atoms with Crippen LogP contribution >= 0.6 is 23.6 Å². The van der Waals surface area contributed by atoms with Crippen LogP contribution in [0.1, 0.15) is 18.9 Å². The molecule has 2 aromatic rings. The average molecular weight is 267 g/mol. The summed E-state index contributed by atoms with van der Waals surface area (Å²) in [6.07, 6.45) is 2.01. The van der Waals surface area contributed by atoms with Gasteiger partial charge in [0.05, 0.1) is 4.88 Å². The van der Waals surface area contributed by atoms with Crippen LogP contribution in [-0.2, 0) is 4.74 Å². The number of aromatic amines is 1. The second kappa shape index (κ2) is 4.72. The Hall–Kier alpha value is -0.980. The number of nitrogens with one attached hydrogen (secondary N) is 1. The molecule has 0 saturated carbocycles. The first-order chi connectivity index (χ1) is 8.36. The van der Waals surface area contributed by atoms with Crippen LogP contribution in [-0.4, -0.2) is 28.0 Å². The number of H-pyrrole nitrogens is 1. The van der Waals surface area contributed by atoms with E-state index in [4.69, 9.17) is 17.0 Å². The predicted octanol–water partition coefficient (Wildman–Crippen LogP) is 3.02. The van der Waals surface area contributed by atoms with Gasteiger partial charge in [-0.05, 0) is 36.5 Å². The minimum Gasteiger partial charge on any atom is -0.381 e. The third-order valence-corrected chi connectivity index (χ3v) is 4.16. The lowest BCUT2D eigenvalue weighted by molar-refractivity contribution is 0.0696. The first-order valence-corrected chi connectivity index (χ1v) is 6.93. The van der Waals surface area contributed by atoms with Crippen molar-refractivity contribution in [3.8, 4) is 10.7 Å². The zero-order valence-electron chi connectivity index (χ0n) is 9.26. The van der Waals surface area contributed by atoms with E-state index in [9.17, 15) is 0 Å². The van der Waals surface area contributed by atoms with Gasteiger partial charge in [-0.1, -0.05) is 6.07 Å². The molecule has 17 heavy (non-hydrogen) atoms. The standard InChI is InChI=1S/C11H13N3OS2/c16-11-13-12-10(9-2-1-7-17-9)14(11)8-3-5-15-6-4-8/h1-2,7-8H,3-6H2,(H,13,16). The summed E-state index contributed by atoms with van der Waals surface area (Å²) in [6, 6.07) is 4.52. The Labute approximate surface area is 108 Å². The summed E-state index contributed by atoms with van der Waals surface area (Å²) in [6.45, 7) is 1.61. The third kappa shape index (κ3) is 2.08. The molecule has 0 spiro atoms. The van der Waals surface area contributed by atoms with Crippen molar-refractivity contribution in [2.24, 2.45) is 0 Å². The van der Waals surface area contributed by atoms with Crippen molar-refractivity contribution in [2.45, 2.75) is 18.9 Å². The lowest BCUT2D eigenvalue weighted by Gasteiger charge is -2.24. The summed E-state index contributed by atoms with van der Waals surface area (Å²) >= 11 is 7.02. The molecule has 0 atom stereocenters. The van der Waals surface area contributed by atoms with Crippen LogP contribution in [0.3, 0.4) is 0 Å². The van der Waals surface area contributed by atoms with Gasteiger partial charge < -0.3 is 4.74 Å². The van der Waals surface area contributed by atoms with E-state index >= 15 is 0 Å². The number of hydrogen-bond donors (Lipinski definition) is 1. The largest absolute Gasteiger partial charge is 0.381 e. The highest BCUT2D eigenvalue weighted by atomic mass is 32.1. The van der Waals surface area contributed by atoms with Crippen LogP contribution in [0.5, 0.6) is 0 Å². The lowest BCUT2D eigenvalue weighted by atomic mass is 10.1. The number of thiophene rings is 1. The van der Waals surface area contributed by atoms with E-state index in [0.29, 0.717) is 10.8 Å². The fourth-order valence-corrected chi connectivity index (χ4v) is 3.16. The van der Waals surface area contributed by atoms with Gasteiger partial charge in [0.25, 0.3) is 0 Å². The topological polar surface area (TPSA) is 42.8 Å². The van der Waals surface area contributed by atoms with Crippen molar-refractivity contribution in [1.82, 2.24) is 14.8 Å². The molecule has 0 bridgehead atoms. The Morgan fingerprint density at radius 2 is 2.29 bits per heavy atom. The Morgan fingerprint density at radius 3 is 3.00 bits per heavy atom. The smallest absolute Gasteiger partial charge is 0.195 e. The third-order valence-electron chi connectivity index (χ3n) is 3.00. The molecule has 0 amide bonds. The fraction of sp³-hybridized carbons (Fsp3) is 0.455. The molecule has 2 aromatic heterocycles. The average Bonchev–Trinajstić information content (AvgIpc) is 2.98. The Morgan fingerprint density at radius 1 is 1.47 bits per heavy atom. The van der Waals surface area contributed by atoms with Gasteiger partial charge in [-0.15, -0.1) is 11.3 Å². The van der Waals surface area contributed by atoms with Gasteiger partial charge in [-0.3, -0.25) is 9.67 Å². The Bertz CT molecular complexity index is 537. The predicted molar refractivity (Wildman–Crippen MR) is 69.8 cm³/mol. The summed E-state index contributed by atoms with van der Waals surface area (Å²) in [5, 5.41) is 9.31. The maximum absolute atomic E-state index is 5.39. The summed E-state index contributed by atoms with van der Waals surface area (Å²) in [5.41, 5.74) is 0. The zero-order chi connectivity index (χ0) is 11.7. The second-order valence-electron chi connectivity index (χ2n) is 4.04. The van der Waals surface area contributed by atoms with E-state index < -0.39 is 0 Å². The highest BCUT2D eigenvalue weighted by Gasteiger charge is 2.21. The number of ether oxygens (including phenoxy) is 1. The molecule has 3 heterocycles. The highest BCUT2D eigenvalue weighted by molar-refractivity contribution is 7.71. The summed E-state index contributed by atoms with van der Waals surface area (Å²) in [4.78, 5) is 1.16. The molecule has 1 saturated heterocycles. The van der Waals surface area contributed by atoms with Crippen molar-refractivity contribution < 1.29 is 4.74 Å². The van der Waals surface area contributed by atoms with Crippen LogP contribution in [0.15, 0.2) is 17.5 Å².